The maximum Gasteiger partial charge on any atom is 0.231 e. The van der Waals surface area contributed by atoms with Crippen molar-refractivity contribution in [2.75, 3.05) is 6.61 Å². The van der Waals surface area contributed by atoms with Gasteiger partial charge >= 0.3 is 0 Å². The van der Waals surface area contributed by atoms with Crippen LogP contribution in [0.25, 0.3) is 0 Å². The Hall–Kier alpha value is -0.900. The lowest BCUT2D eigenvalue weighted by molar-refractivity contribution is 0.242. The quantitative estimate of drug-likeness (QED) is 0.652. The zero-order valence-corrected chi connectivity index (χ0v) is 6.03. The molecule has 0 aliphatic heterocycles. The van der Waals surface area contributed by atoms with Gasteiger partial charge in [0.1, 0.15) is 0 Å². The lowest BCUT2D eigenvalue weighted by atomic mass is 10.2. The van der Waals surface area contributed by atoms with E-state index in [-0.39, 0.29) is 12.5 Å². The molecule has 1 heterocycles. The van der Waals surface area contributed by atoms with E-state index in [2.05, 4.69) is 10.1 Å². The molecule has 0 amide bonds. The second-order valence-electron chi connectivity index (χ2n) is 2.26. The molecule has 0 fully saturated rings. The van der Waals surface area contributed by atoms with Crippen LogP contribution in [-0.2, 0) is 0 Å². The van der Waals surface area contributed by atoms with Crippen LogP contribution >= 0.6 is 0 Å². The van der Waals surface area contributed by atoms with Crippen molar-refractivity contribution in [3.05, 3.63) is 11.7 Å². The van der Waals surface area contributed by atoms with Crippen molar-refractivity contribution in [1.82, 2.24) is 10.1 Å². The first-order chi connectivity index (χ1) is 4.74. The highest BCUT2D eigenvalue weighted by Gasteiger charge is 2.10. The Morgan fingerprint density at radius 1 is 1.70 bits per heavy atom. The van der Waals surface area contributed by atoms with Gasteiger partial charge in [0.15, 0.2) is 5.82 Å². The molecule has 1 aromatic heterocycles. The first-order valence-corrected chi connectivity index (χ1v) is 3.15. The molecule has 0 saturated carbocycles. The predicted molar refractivity (Wildman–Crippen MR) is 34.5 cm³/mol. The summed E-state index contributed by atoms with van der Waals surface area (Å²) in [4.78, 5) is 3.94. The molecular weight excluding hydrogens is 132 g/mol. The number of hydrogen-bond acceptors (Lipinski definition) is 4. The van der Waals surface area contributed by atoms with Crippen molar-refractivity contribution < 1.29 is 9.63 Å². The van der Waals surface area contributed by atoms with Crippen molar-refractivity contribution in [2.45, 2.75) is 19.8 Å². The van der Waals surface area contributed by atoms with Gasteiger partial charge in [0.2, 0.25) is 5.89 Å². The minimum Gasteiger partial charge on any atom is -0.396 e. The number of aliphatic hydroxyl groups excluding tert-OH is 1. The van der Waals surface area contributed by atoms with Gasteiger partial charge in [-0.05, 0) is 6.92 Å². The van der Waals surface area contributed by atoms with Gasteiger partial charge in [-0.15, -0.1) is 0 Å². The van der Waals surface area contributed by atoms with Crippen LogP contribution in [0.15, 0.2) is 4.52 Å². The van der Waals surface area contributed by atoms with Gasteiger partial charge in [-0.2, -0.15) is 4.98 Å². The second-order valence-corrected chi connectivity index (χ2v) is 2.26. The Labute approximate surface area is 58.9 Å². The molecule has 0 aliphatic rings. The van der Waals surface area contributed by atoms with Crippen LogP contribution in [0.2, 0.25) is 0 Å². The molecule has 4 heteroatoms. The summed E-state index contributed by atoms with van der Waals surface area (Å²) < 4.78 is 4.80. The van der Waals surface area contributed by atoms with E-state index < -0.39 is 0 Å². The Kier molecular flexibility index (Phi) is 2.01. The van der Waals surface area contributed by atoms with Gasteiger partial charge in [-0.3, -0.25) is 0 Å². The van der Waals surface area contributed by atoms with E-state index in [0.717, 1.165) is 0 Å². The minimum atomic E-state index is -0.0544. The van der Waals surface area contributed by atoms with E-state index in [1.54, 1.807) is 6.92 Å². The van der Waals surface area contributed by atoms with Crippen molar-refractivity contribution in [1.29, 1.82) is 0 Å². The Balaban J connectivity index is 2.74. The number of hydrogen-bond donors (Lipinski definition) is 1. The molecular formula is C6H10N2O2. The van der Waals surface area contributed by atoms with Crippen molar-refractivity contribution in [3.63, 3.8) is 0 Å². The molecule has 0 saturated heterocycles. The number of nitrogens with zero attached hydrogens (tertiary/aromatic N) is 2. The van der Waals surface area contributed by atoms with Gasteiger partial charge in [0, 0.05) is 0 Å². The number of aryl methyl sites for hydroxylation is 1. The van der Waals surface area contributed by atoms with Crippen molar-refractivity contribution in [3.8, 4) is 0 Å². The molecule has 1 N–H and O–H groups in total. The van der Waals surface area contributed by atoms with Gasteiger partial charge in [-0.1, -0.05) is 12.1 Å². The summed E-state index contributed by atoms with van der Waals surface area (Å²) in [7, 11) is 0. The summed E-state index contributed by atoms with van der Waals surface area (Å²) >= 11 is 0. The van der Waals surface area contributed by atoms with Gasteiger partial charge < -0.3 is 9.63 Å². The minimum absolute atomic E-state index is 0.0433. The highest BCUT2D eigenvalue weighted by molar-refractivity contribution is 4.89. The SMILES string of the molecule is Cc1noc(C(C)CO)n1. The summed E-state index contributed by atoms with van der Waals surface area (Å²) in [5.74, 6) is 1.05. The second kappa shape index (κ2) is 2.79. The highest BCUT2D eigenvalue weighted by atomic mass is 16.5. The van der Waals surface area contributed by atoms with E-state index in [1.165, 1.54) is 0 Å². The fourth-order valence-electron chi connectivity index (χ4n) is 0.591. The van der Waals surface area contributed by atoms with Gasteiger partial charge in [-0.25, -0.2) is 0 Å². The summed E-state index contributed by atoms with van der Waals surface area (Å²) in [5.41, 5.74) is 0. The largest absolute Gasteiger partial charge is 0.396 e. The Bertz CT molecular complexity index is 209. The van der Waals surface area contributed by atoms with Crippen LogP contribution in [-0.4, -0.2) is 21.9 Å². The van der Waals surface area contributed by atoms with Gasteiger partial charge in [0.05, 0.1) is 12.5 Å². The van der Waals surface area contributed by atoms with Crippen LogP contribution in [0, 0.1) is 6.92 Å². The third-order valence-corrected chi connectivity index (χ3v) is 1.24. The molecule has 1 rings (SSSR count). The van der Waals surface area contributed by atoms with Gasteiger partial charge in [0.25, 0.3) is 0 Å². The number of aliphatic hydroxyl groups is 1. The first-order valence-electron chi connectivity index (χ1n) is 3.15. The number of rotatable bonds is 2. The zero-order chi connectivity index (χ0) is 7.56. The Morgan fingerprint density at radius 3 is 2.80 bits per heavy atom. The molecule has 0 aliphatic carbocycles. The molecule has 56 valence electrons. The van der Waals surface area contributed by atoms with Crippen LogP contribution in [0.5, 0.6) is 0 Å². The maximum absolute atomic E-state index is 8.67. The van der Waals surface area contributed by atoms with Crippen LogP contribution in [0.4, 0.5) is 0 Å². The van der Waals surface area contributed by atoms with Crippen LogP contribution in [0.1, 0.15) is 24.6 Å². The summed E-state index contributed by atoms with van der Waals surface area (Å²) in [5, 5.41) is 12.3. The lowest BCUT2D eigenvalue weighted by Gasteiger charge is -1.97. The third kappa shape index (κ3) is 1.33. The topological polar surface area (TPSA) is 59.2 Å². The summed E-state index contributed by atoms with van der Waals surface area (Å²) in [6.45, 7) is 3.62. The molecule has 0 bridgehead atoms. The van der Waals surface area contributed by atoms with E-state index in [9.17, 15) is 0 Å². The monoisotopic (exact) mass is 142 g/mol. The average Bonchev–Trinajstić information content (AvgIpc) is 2.34. The summed E-state index contributed by atoms with van der Waals surface area (Å²) in [6.07, 6.45) is 0. The fraction of sp³-hybridized carbons (Fsp3) is 0.667. The number of aromatic nitrogens is 2. The van der Waals surface area contributed by atoms with Crippen LogP contribution < -0.4 is 0 Å². The van der Waals surface area contributed by atoms with E-state index in [1.807, 2.05) is 6.92 Å². The van der Waals surface area contributed by atoms with Crippen molar-refractivity contribution in [2.24, 2.45) is 0 Å². The molecule has 1 unspecified atom stereocenters. The smallest absolute Gasteiger partial charge is 0.231 e. The predicted octanol–water partition coefficient (Wildman–Crippen LogP) is 0.474. The molecule has 1 aromatic rings. The van der Waals surface area contributed by atoms with E-state index in [4.69, 9.17) is 9.63 Å². The van der Waals surface area contributed by atoms with Crippen molar-refractivity contribution >= 4 is 0 Å². The van der Waals surface area contributed by atoms with E-state index in [0.29, 0.717) is 11.7 Å². The first kappa shape index (κ1) is 7.21. The zero-order valence-electron chi connectivity index (χ0n) is 6.03. The highest BCUT2D eigenvalue weighted by Crippen LogP contribution is 2.10. The normalized spacial score (nSPS) is 13.5. The molecule has 4 nitrogen and oxygen atoms in total. The van der Waals surface area contributed by atoms with Crippen LogP contribution in [0.3, 0.4) is 0 Å². The molecule has 10 heavy (non-hydrogen) atoms. The molecule has 0 radical (unpaired) electrons. The molecule has 1 atom stereocenters. The third-order valence-electron chi connectivity index (χ3n) is 1.24. The van der Waals surface area contributed by atoms with E-state index >= 15 is 0 Å². The summed E-state index contributed by atoms with van der Waals surface area (Å²) in [6, 6.07) is 0. The molecule has 0 spiro atoms. The molecule has 0 aromatic carbocycles. The lowest BCUT2D eigenvalue weighted by Crippen LogP contribution is -1.98. The average molecular weight is 142 g/mol. The Morgan fingerprint density at radius 2 is 2.40 bits per heavy atom. The fourth-order valence-corrected chi connectivity index (χ4v) is 0.591. The standard InChI is InChI=1S/C6H10N2O2/c1-4(3-9)6-7-5(2)8-10-6/h4,9H,3H2,1-2H3. The maximum atomic E-state index is 8.67.